The van der Waals surface area contributed by atoms with Crippen LogP contribution in [0.2, 0.25) is 0 Å². The van der Waals surface area contributed by atoms with Crippen molar-refractivity contribution in [1.29, 1.82) is 0 Å². The largest absolute Gasteiger partial charge is 0.332 e. The second-order valence-corrected chi connectivity index (χ2v) is 5.37. The van der Waals surface area contributed by atoms with Crippen LogP contribution >= 0.6 is 24.4 Å². The van der Waals surface area contributed by atoms with Crippen LogP contribution in [0.5, 0.6) is 0 Å². The van der Waals surface area contributed by atoms with E-state index in [0.29, 0.717) is 21.8 Å². The first-order chi connectivity index (χ1) is 11.1. The summed E-state index contributed by atoms with van der Waals surface area (Å²) in [5, 5.41) is 0. The molecule has 23 heavy (non-hydrogen) atoms. The van der Waals surface area contributed by atoms with Gasteiger partial charge in [-0.15, -0.1) is 0 Å². The predicted molar refractivity (Wildman–Crippen MR) is 95.7 cm³/mol. The molecular formula is C14H14N6OS2. The summed E-state index contributed by atoms with van der Waals surface area (Å²) in [7, 11) is 0. The standard InChI is InChI=1S/C12H8N6OS2.C2H6/c19-10-7-9(17-12(21)18-10)16-8(15-7)4-1-2-5-6(3-4)14-11(20)13-5;1-2/h1-3H,(H2,13,14,20)(H3,15,16,17,18,19,21);1-2H3. The molecule has 0 bridgehead atoms. The van der Waals surface area contributed by atoms with Crippen molar-refractivity contribution < 1.29 is 0 Å². The zero-order valence-electron chi connectivity index (χ0n) is 12.4. The third-order valence-electron chi connectivity index (χ3n) is 3.18. The van der Waals surface area contributed by atoms with E-state index >= 15 is 0 Å². The second-order valence-electron chi connectivity index (χ2n) is 4.56. The Hall–Kier alpha value is -2.52. The molecule has 0 saturated heterocycles. The van der Waals surface area contributed by atoms with Gasteiger partial charge in [0.15, 0.2) is 15.2 Å². The molecule has 0 spiro atoms. The Balaban J connectivity index is 0.000000753. The first-order valence-corrected chi connectivity index (χ1v) is 7.86. The Kier molecular flexibility index (Phi) is 3.97. The molecule has 3 heterocycles. The quantitative estimate of drug-likeness (QED) is 0.340. The van der Waals surface area contributed by atoms with Crippen molar-refractivity contribution in [1.82, 2.24) is 29.9 Å². The van der Waals surface area contributed by atoms with E-state index in [1.807, 2.05) is 32.0 Å². The molecule has 4 rings (SSSR count). The van der Waals surface area contributed by atoms with E-state index in [9.17, 15) is 4.79 Å². The maximum atomic E-state index is 11.8. The van der Waals surface area contributed by atoms with Crippen molar-refractivity contribution in [3.8, 4) is 11.4 Å². The van der Waals surface area contributed by atoms with Crippen molar-refractivity contribution in [2.75, 3.05) is 0 Å². The van der Waals surface area contributed by atoms with E-state index in [-0.39, 0.29) is 10.3 Å². The molecular weight excluding hydrogens is 332 g/mol. The maximum absolute atomic E-state index is 11.8. The molecule has 5 N–H and O–H groups in total. The minimum Gasteiger partial charge on any atom is -0.332 e. The number of nitrogens with one attached hydrogen (secondary N) is 5. The van der Waals surface area contributed by atoms with Crippen LogP contribution in [0.1, 0.15) is 13.8 Å². The SMILES string of the molecule is CC.O=c1[nH]c(=S)[nH]c2nc(-c3ccc4[nH]c(=S)[nH]c4c3)[nH]c12. The normalized spacial score (nSPS) is 10.7. The fourth-order valence-electron chi connectivity index (χ4n) is 2.25. The summed E-state index contributed by atoms with van der Waals surface area (Å²) >= 11 is 9.99. The second kappa shape index (κ2) is 5.94. The van der Waals surface area contributed by atoms with Gasteiger partial charge in [0.25, 0.3) is 5.56 Å². The molecule has 0 aliphatic rings. The fraction of sp³-hybridized carbons (Fsp3) is 0.143. The lowest BCUT2D eigenvalue weighted by atomic mass is 10.2. The lowest BCUT2D eigenvalue weighted by Gasteiger charge is -1.96. The molecule has 0 unspecified atom stereocenters. The average Bonchev–Trinajstić information content (AvgIpc) is 3.10. The van der Waals surface area contributed by atoms with Crippen molar-refractivity contribution in [2.45, 2.75) is 13.8 Å². The minimum absolute atomic E-state index is 0.246. The van der Waals surface area contributed by atoms with Crippen LogP contribution in [0.4, 0.5) is 0 Å². The topological polar surface area (TPSA) is 109 Å². The Morgan fingerprint density at radius 3 is 2.39 bits per heavy atom. The van der Waals surface area contributed by atoms with Crippen LogP contribution in [0, 0.1) is 9.54 Å². The number of rotatable bonds is 1. The number of aromatic nitrogens is 6. The van der Waals surface area contributed by atoms with E-state index in [4.69, 9.17) is 24.4 Å². The molecule has 3 aromatic heterocycles. The molecule has 0 amide bonds. The summed E-state index contributed by atoms with van der Waals surface area (Å²) < 4.78 is 0.808. The maximum Gasteiger partial charge on any atom is 0.277 e. The zero-order chi connectivity index (χ0) is 16.6. The number of fused-ring (bicyclic) bond motifs is 2. The van der Waals surface area contributed by atoms with Gasteiger partial charge in [-0.25, -0.2) is 4.98 Å². The van der Waals surface area contributed by atoms with E-state index in [1.165, 1.54) is 0 Å². The van der Waals surface area contributed by atoms with E-state index in [1.54, 1.807) is 0 Å². The van der Waals surface area contributed by atoms with Crippen LogP contribution in [0.15, 0.2) is 23.0 Å². The summed E-state index contributed by atoms with van der Waals surface area (Å²) in [5.74, 6) is 0.578. The van der Waals surface area contributed by atoms with Gasteiger partial charge >= 0.3 is 0 Å². The third kappa shape index (κ3) is 2.76. The highest BCUT2D eigenvalue weighted by atomic mass is 32.1. The van der Waals surface area contributed by atoms with Gasteiger partial charge in [0.05, 0.1) is 11.0 Å². The Bertz CT molecular complexity index is 1160. The summed E-state index contributed by atoms with van der Waals surface area (Å²) in [6.07, 6.45) is 0. The number of hydrogen-bond acceptors (Lipinski definition) is 4. The molecule has 4 aromatic rings. The Labute approximate surface area is 140 Å². The highest BCUT2D eigenvalue weighted by Gasteiger charge is 2.09. The Morgan fingerprint density at radius 1 is 0.913 bits per heavy atom. The first-order valence-electron chi connectivity index (χ1n) is 7.05. The van der Waals surface area contributed by atoms with Gasteiger partial charge < -0.3 is 19.9 Å². The number of H-pyrrole nitrogens is 5. The minimum atomic E-state index is -0.297. The summed E-state index contributed by atoms with van der Waals surface area (Å²) in [6.45, 7) is 4.00. The average molecular weight is 346 g/mol. The predicted octanol–water partition coefficient (Wildman–Crippen LogP) is 3.54. The van der Waals surface area contributed by atoms with Crippen molar-refractivity contribution in [3.63, 3.8) is 0 Å². The highest BCUT2D eigenvalue weighted by molar-refractivity contribution is 7.71. The first kappa shape index (κ1) is 15.4. The van der Waals surface area contributed by atoms with Gasteiger partial charge in [0.1, 0.15) is 11.3 Å². The molecule has 7 nitrogen and oxygen atoms in total. The fourth-order valence-corrected chi connectivity index (χ4v) is 2.66. The van der Waals surface area contributed by atoms with E-state index < -0.39 is 0 Å². The third-order valence-corrected chi connectivity index (χ3v) is 3.59. The van der Waals surface area contributed by atoms with Gasteiger partial charge in [-0.05, 0) is 42.6 Å². The molecule has 0 radical (unpaired) electrons. The molecule has 1 aromatic carbocycles. The van der Waals surface area contributed by atoms with Gasteiger partial charge in [0.2, 0.25) is 0 Å². The van der Waals surface area contributed by atoms with Crippen molar-refractivity contribution in [2.24, 2.45) is 0 Å². The number of hydrogen-bond donors (Lipinski definition) is 5. The molecule has 9 heteroatoms. The molecule has 0 atom stereocenters. The molecule has 0 fully saturated rings. The zero-order valence-corrected chi connectivity index (χ0v) is 14.0. The van der Waals surface area contributed by atoms with Crippen molar-refractivity contribution in [3.05, 3.63) is 38.1 Å². The molecule has 0 saturated carbocycles. The smallest absolute Gasteiger partial charge is 0.277 e. The van der Waals surface area contributed by atoms with Crippen LogP contribution in [0.25, 0.3) is 33.6 Å². The van der Waals surface area contributed by atoms with Crippen LogP contribution < -0.4 is 5.56 Å². The molecule has 0 aliphatic heterocycles. The lowest BCUT2D eigenvalue weighted by molar-refractivity contribution is 1.12. The van der Waals surface area contributed by atoms with Gasteiger partial charge in [-0.2, -0.15) is 0 Å². The Morgan fingerprint density at radius 2 is 1.61 bits per heavy atom. The number of nitrogens with zero attached hydrogens (tertiary/aromatic N) is 1. The van der Waals surface area contributed by atoms with Crippen LogP contribution in [-0.4, -0.2) is 29.9 Å². The number of benzene rings is 1. The number of imidazole rings is 2. The van der Waals surface area contributed by atoms with E-state index in [2.05, 4.69) is 29.9 Å². The van der Waals surface area contributed by atoms with Gasteiger partial charge in [-0.3, -0.25) is 9.78 Å². The summed E-state index contributed by atoms with van der Waals surface area (Å²) in [4.78, 5) is 30.6. The lowest BCUT2D eigenvalue weighted by Crippen LogP contribution is -2.07. The molecule has 118 valence electrons. The summed E-state index contributed by atoms with van der Waals surface area (Å²) in [5.41, 5.74) is 3.12. The van der Waals surface area contributed by atoms with Gasteiger partial charge in [0, 0.05) is 5.56 Å². The van der Waals surface area contributed by atoms with Crippen LogP contribution in [0.3, 0.4) is 0 Å². The monoisotopic (exact) mass is 346 g/mol. The molecule has 0 aliphatic carbocycles. The van der Waals surface area contributed by atoms with E-state index in [0.717, 1.165) is 16.6 Å². The number of aromatic amines is 5. The van der Waals surface area contributed by atoms with Crippen molar-refractivity contribution >= 4 is 46.6 Å². The highest BCUT2D eigenvalue weighted by Crippen LogP contribution is 2.21. The van der Waals surface area contributed by atoms with Crippen LogP contribution in [-0.2, 0) is 0 Å². The van der Waals surface area contributed by atoms with Gasteiger partial charge in [-0.1, -0.05) is 13.8 Å². The summed E-state index contributed by atoms with van der Waals surface area (Å²) in [6, 6.07) is 5.70.